The maximum Gasteiger partial charge on any atom is 0.333 e. The molecule has 0 unspecified atom stereocenters. The standard InChI is InChI=1S/C25H22N4O4/c1-4-14-33-20-12-10-17(11-13-20)22-18(16-29(26-22)19-8-6-5-7-9-19)15-21-23(30)27(2)25(32)28(3)24(21)31/h4-13,15-16H,1,14H2,2-3H3. The Balaban J connectivity index is 1.81. The summed E-state index contributed by atoms with van der Waals surface area (Å²) in [6, 6.07) is 16.2. The minimum atomic E-state index is -0.669. The zero-order valence-corrected chi connectivity index (χ0v) is 18.3. The summed E-state index contributed by atoms with van der Waals surface area (Å²) >= 11 is 0. The summed E-state index contributed by atoms with van der Waals surface area (Å²) in [5.74, 6) is -0.634. The number of likely N-dealkylation sites (N-methyl/N-ethyl adjacent to an activating group) is 2. The molecule has 1 aliphatic rings. The molecule has 4 rings (SSSR count). The van der Waals surface area contributed by atoms with Gasteiger partial charge in [-0.15, -0.1) is 0 Å². The van der Waals surface area contributed by atoms with E-state index in [1.165, 1.54) is 20.2 Å². The van der Waals surface area contributed by atoms with Crippen molar-refractivity contribution in [2.24, 2.45) is 0 Å². The van der Waals surface area contributed by atoms with Gasteiger partial charge in [-0.05, 0) is 42.5 Å². The first-order chi connectivity index (χ1) is 15.9. The highest BCUT2D eigenvalue weighted by Crippen LogP contribution is 2.29. The van der Waals surface area contributed by atoms with E-state index in [0.717, 1.165) is 21.1 Å². The molecule has 0 N–H and O–H groups in total. The number of barbiturate groups is 1. The fraction of sp³-hybridized carbons (Fsp3) is 0.120. The SMILES string of the molecule is C=CCOc1ccc(-c2nn(-c3ccccc3)cc2C=C2C(=O)N(C)C(=O)N(C)C2=O)cc1. The highest BCUT2D eigenvalue weighted by molar-refractivity contribution is 6.30. The van der Waals surface area contributed by atoms with Crippen LogP contribution in [0.25, 0.3) is 23.0 Å². The van der Waals surface area contributed by atoms with Gasteiger partial charge in [-0.25, -0.2) is 9.48 Å². The normalized spacial score (nSPS) is 14.0. The topological polar surface area (TPSA) is 84.7 Å². The molecule has 1 aliphatic heterocycles. The molecule has 0 bridgehead atoms. The number of urea groups is 1. The van der Waals surface area contributed by atoms with Gasteiger partial charge < -0.3 is 4.74 Å². The first-order valence-corrected chi connectivity index (χ1v) is 10.2. The molecule has 0 aliphatic carbocycles. The minimum absolute atomic E-state index is 0.112. The number of aromatic nitrogens is 2. The Bertz CT molecular complexity index is 1230. The van der Waals surface area contributed by atoms with Gasteiger partial charge in [0, 0.05) is 31.4 Å². The predicted molar refractivity (Wildman–Crippen MR) is 124 cm³/mol. The van der Waals surface area contributed by atoms with E-state index in [-0.39, 0.29) is 5.57 Å². The summed E-state index contributed by atoms with van der Waals surface area (Å²) in [6.45, 7) is 4.03. The maximum absolute atomic E-state index is 12.7. The van der Waals surface area contributed by atoms with Crippen molar-refractivity contribution in [1.82, 2.24) is 19.6 Å². The number of hydrogen-bond acceptors (Lipinski definition) is 5. The third kappa shape index (κ3) is 4.18. The lowest BCUT2D eigenvalue weighted by molar-refractivity contribution is -0.134. The number of imide groups is 2. The van der Waals surface area contributed by atoms with Crippen molar-refractivity contribution in [3.05, 3.63) is 84.6 Å². The Morgan fingerprint density at radius 2 is 1.58 bits per heavy atom. The lowest BCUT2D eigenvalue weighted by atomic mass is 10.0. The molecule has 2 aromatic carbocycles. The van der Waals surface area contributed by atoms with Crippen molar-refractivity contribution >= 4 is 23.9 Å². The van der Waals surface area contributed by atoms with Crippen molar-refractivity contribution < 1.29 is 19.1 Å². The molecular weight excluding hydrogens is 420 g/mol. The molecule has 1 fully saturated rings. The zero-order chi connectivity index (χ0) is 23.5. The molecular formula is C25H22N4O4. The number of amides is 4. The molecule has 4 amide bonds. The van der Waals surface area contributed by atoms with Crippen LogP contribution in [0.1, 0.15) is 5.56 Å². The van der Waals surface area contributed by atoms with Gasteiger partial charge >= 0.3 is 6.03 Å². The van der Waals surface area contributed by atoms with Crippen LogP contribution in [-0.2, 0) is 9.59 Å². The first-order valence-electron chi connectivity index (χ1n) is 10.2. The van der Waals surface area contributed by atoms with Crippen molar-refractivity contribution in [3.8, 4) is 22.7 Å². The van der Waals surface area contributed by atoms with Crippen molar-refractivity contribution in [2.45, 2.75) is 0 Å². The molecule has 2 heterocycles. The van der Waals surface area contributed by atoms with Gasteiger partial charge in [0.25, 0.3) is 11.8 Å². The van der Waals surface area contributed by atoms with Crippen LogP contribution in [0, 0.1) is 0 Å². The van der Waals surface area contributed by atoms with Gasteiger partial charge in [0.05, 0.1) is 11.4 Å². The number of carbonyl (C=O) groups is 3. The van der Waals surface area contributed by atoms with E-state index in [4.69, 9.17) is 9.84 Å². The fourth-order valence-corrected chi connectivity index (χ4v) is 3.42. The van der Waals surface area contributed by atoms with Crippen LogP contribution in [0.15, 0.2) is 79.0 Å². The van der Waals surface area contributed by atoms with Gasteiger partial charge in [-0.2, -0.15) is 5.10 Å². The molecule has 0 radical (unpaired) electrons. The zero-order valence-electron chi connectivity index (χ0n) is 18.3. The highest BCUT2D eigenvalue weighted by Gasteiger charge is 2.38. The summed E-state index contributed by atoms with van der Waals surface area (Å²) in [6.07, 6.45) is 4.89. The Morgan fingerprint density at radius 1 is 0.939 bits per heavy atom. The second kappa shape index (κ2) is 8.96. The molecule has 1 saturated heterocycles. The lowest BCUT2D eigenvalue weighted by Crippen LogP contribution is -2.52. The van der Waals surface area contributed by atoms with Crippen molar-refractivity contribution in [1.29, 1.82) is 0 Å². The van der Waals surface area contributed by atoms with Crippen molar-refractivity contribution in [2.75, 3.05) is 20.7 Å². The second-order valence-corrected chi connectivity index (χ2v) is 7.41. The summed E-state index contributed by atoms with van der Waals surface area (Å²) in [5.41, 5.74) is 2.62. The first kappa shape index (κ1) is 21.8. The largest absolute Gasteiger partial charge is 0.490 e. The Labute approximate surface area is 191 Å². The number of hydrogen-bond donors (Lipinski definition) is 0. The smallest absolute Gasteiger partial charge is 0.333 e. The van der Waals surface area contributed by atoms with Crippen LogP contribution in [0.4, 0.5) is 4.79 Å². The van der Waals surface area contributed by atoms with Crippen molar-refractivity contribution in [3.63, 3.8) is 0 Å². The molecule has 8 nitrogen and oxygen atoms in total. The third-order valence-corrected chi connectivity index (χ3v) is 5.20. The summed E-state index contributed by atoms with van der Waals surface area (Å²) < 4.78 is 7.23. The second-order valence-electron chi connectivity index (χ2n) is 7.41. The van der Waals surface area contributed by atoms with E-state index in [0.29, 0.717) is 23.6 Å². The van der Waals surface area contributed by atoms with E-state index in [1.54, 1.807) is 17.0 Å². The van der Waals surface area contributed by atoms with Gasteiger partial charge in [0.15, 0.2) is 0 Å². The monoisotopic (exact) mass is 442 g/mol. The number of carbonyl (C=O) groups excluding carboxylic acids is 3. The Hall–Kier alpha value is -4.46. The number of ether oxygens (including phenoxy) is 1. The van der Waals surface area contributed by atoms with Gasteiger partial charge in [0.2, 0.25) is 0 Å². The third-order valence-electron chi connectivity index (χ3n) is 5.20. The predicted octanol–water partition coefficient (Wildman–Crippen LogP) is 3.54. The van der Waals surface area contributed by atoms with E-state index in [2.05, 4.69) is 6.58 Å². The average molecular weight is 442 g/mol. The molecule has 0 spiro atoms. The number of para-hydroxylation sites is 1. The van der Waals surface area contributed by atoms with Crippen LogP contribution in [0.5, 0.6) is 5.75 Å². The van der Waals surface area contributed by atoms with Crippen LogP contribution in [0.3, 0.4) is 0 Å². The van der Waals surface area contributed by atoms with Crippen LogP contribution >= 0.6 is 0 Å². The lowest BCUT2D eigenvalue weighted by Gasteiger charge is -2.28. The average Bonchev–Trinajstić information content (AvgIpc) is 3.27. The van der Waals surface area contributed by atoms with E-state index >= 15 is 0 Å². The molecule has 8 heteroatoms. The number of benzene rings is 2. The van der Waals surface area contributed by atoms with Crippen LogP contribution in [-0.4, -0.2) is 58.1 Å². The van der Waals surface area contributed by atoms with Crippen LogP contribution in [0.2, 0.25) is 0 Å². The summed E-state index contributed by atoms with van der Waals surface area (Å²) in [4.78, 5) is 39.3. The van der Waals surface area contributed by atoms with Crippen LogP contribution < -0.4 is 4.74 Å². The van der Waals surface area contributed by atoms with E-state index in [9.17, 15) is 14.4 Å². The molecule has 3 aromatic rings. The van der Waals surface area contributed by atoms with E-state index < -0.39 is 17.8 Å². The maximum atomic E-state index is 12.7. The minimum Gasteiger partial charge on any atom is -0.490 e. The Kier molecular flexibility index (Phi) is 5.91. The number of rotatable bonds is 6. The molecule has 0 atom stereocenters. The quantitative estimate of drug-likeness (QED) is 0.331. The van der Waals surface area contributed by atoms with Gasteiger partial charge in [-0.1, -0.05) is 30.9 Å². The van der Waals surface area contributed by atoms with Gasteiger partial charge in [-0.3, -0.25) is 19.4 Å². The molecule has 1 aromatic heterocycles. The molecule has 166 valence electrons. The molecule has 0 saturated carbocycles. The summed E-state index contributed by atoms with van der Waals surface area (Å²) in [7, 11) is 2.69. The number of nitrogens with zero attached hydrogens (tertiary/aromatic N) is 4. The summed E-state index contributed by atoms with van der Waals surface area (Å²) in [5, 5.41) is 4.71. The van der Waals surface area contributed by atoms with Gasteiger partial charge in [0.1, 0.15) is 17.9 Å². The van der Waals surface area contributed by atoms with E-state index in [1.807, 2.05) is 54.6 Å². The Morgan fingerprint density at radius 3 is 2.18 bits per heavy atom. The molecule has 33 heavy (non-hydrogen) atoms. The highest BCUT2D eigenvalue weighted by atomic mass is 16.5. The fourth-order valence-electron chi connectivity index (χ4n) is 3.42.